The van der Waals surface area contributed by atoms with E-state index in [1.54, 1.807) is 22.6 Å². The molecule has 1 amide bonds. The summed E-state index contributed by atoms with van der Waals surface area (Å²) in [4.78, 5) is 20.8. The summed E-state index contributed by atoms with van der Waals surface area (Å²) in [6.07, 6.45) is 5.38. The molecule has 7 heteroatoms. The fourth-order valence-corrected chi connectivity index (χ4v) is 3.67. The number of aromatic nitrogens is 2. The van der Waals surface area contributed by atoms with Crippen molar-refractivity contribution in [2.45, 2.75) is 18.8 Å². The van der Waals surface area contributed by atoms with Crippen molar-refractivity contribution in [3.63, 3.8) is 0 Å². The maximum Gasteiger partial charge on any atom is 0.274 e. The molecule has 1 aliphatic heterocycles. The lowest BCUT2D eigenvalue weighted by molar-refractivity contribution is 0.102. The second kappa shape index (κ2) is 7.39. The normalized spacial score (nSPS) is 14.8. The molecular formula is C20H18ClN5O. The van der Waals surface area contributed by atoms with Gasteiger partial charge >= 0.3 is 0 Å². The molecule has 2 N–H and O–H groups in total. The van der Waals surface area contributed by atoms with Crippen LogP contribution >= 0.6 is 11.6 Å². The smallest absolute Gasteiger partial charge is 0.274 e. The number of nitrogens with one attached hydrogen (secondary N) is 2. The molecule has 4 rings (SSSR count). The number of fused-ring (bicyclic) bond motifs is 1. The van der Waals surface area contributed by atoms with Crippen molar-refractivity contribution in [1.29, 1.82) is 0 Å². The SMILES string of the molecule is [C-]#[N+]c1cc2ncc(C(=O)Nc3ccccc3Cl)n2cc1C1CCNCC1. The topological polar surface area (TPSA) is 62.8 Å². The number of carbonyl (C=O) groups is 1. The third-order valence-electron chi connectivity index (χ3n) is 4.91. The number of carbonyl (C=O) groups excluding carboxylic acids is 1. The quantitative estimate of drug-likeness (QED) is 0.668. The highest BCUT2D eigenvalue weighted by Crippen LogP contribution is 2.34. The van der Waals surface area contributed by atoms with E-state index in [0.29, 0.717) is 33.7 Å². The maximum absolute atomic E-state index is 12.8. The van der Waals surface area contributed by atoms with Crippen LogP contribution in [0, 0.1) is 6.57 Å². The van der Waals surface area contributed by atoms with Crippen LogP contribution in [0.3, 0.4) is 0 Å². The van der Waals surface area contributed by atoms with E-state index in [-0.39, 0.29) is 5.91 Å². The van der Waals surface area contributed by atoms with Gasteiger partial charge in [-0.3, -0.25) is 9.20 Å². The van der Waals surface area contributed by atoms with Crippen molar-refractivity contribution in [2.24, 2.45) is 0 Å². The summed E-state index contributed by atoms with van der Waals surface area (Å²) in [5, 5.41) is 6.65. The fourth-order valence-electron chi connectivity index (χ4n) is 3.49. The van der Waals surface area contributed by atoms with Gasteiger partial charge in [0, 0.05) is 6.20 Å². The van der Waals surface area contributed by atoms with Crippen LogP contribution in [0.2, 0.25) is 5.02 Å². The highest BCUT2D eigenvalue weighted by atomic mass is 35.5. The van der Waals surface area contributed by atoms with Crippen LogP contribution in [0.5, 0.6) is 0 Å². The Balaban J connectivity index is 1.72. The number of piperidine rings is 1. The Hall–Kier alpha value is -2.88. The molecule has 1 fully saturated rings. The van der Waals surface area contributed by atoms with E-state index in [4.69, 9.17) is 18.2 Å². The molecule has 6 nitrogen and oxygen atoms in total. The number of nitrogens with zero attached hydrogens (tertiary/aromatic N) is 3. The molecule has 0 saturated carbocycles. The summed E-state index contributed by atoms with van der Waals surface area (Å²) in [6.45, 7) is 9.39. The van der Waals surface area contributed by atoms with E-state index in [2.05, 4.69) is 20.5 Å². The van der Waals surface area contributed by atoms with Crippen LogP contribution < -0.4 is 10.6 Å². The molecule has 1 saturated heterocycles. The Morgan fingerprint density at radius 1 is 1.33 bits per heavy atom. The van der Waals surface area contributed by atoms with Crippen LogP contribution in [-0.4, -0.2) is 28.4 Å². The first kappa shape index (κ1) is 17.5. The molecule has 1 aliphatic rings. The molecule has 0 radical (unpaired) electrons. The Labute approximate surface area is 162 Å². The molecule has 0 bridgehead atoms. The summed E-state index contributed by atoms with van der Waals surface area (Å²) in [5.74, 6) is 0.0176. The molecule has 2 aromatic heterocycles. The van der Waals surface area contributed by atoms with Gasteiger partial charge in [0.25, 0.3) is 5.91 Å². The Bertz CT molecular complexity index is 1050. The van der Waals surface area contributed by atoms with Crippen LogP contribution in [-0.2, 0) is 0 Å². The highest BCUT2D eigenvalue weighted by Gasteiger charge is 2.21. The van der Waals surface area contributed by atoms with Gasteiger partial charge in [-0.15, -0.1) is 0 Å². The summed E-state index contributed by atoms with van der Waals surface area (Å²) in [5.41, 5.74) is 3.14. The third-order valence-corrected chi connectivity index (χ3v) is 5.24. The number of hydrogen-bond donors (Lipinski definition) is 2. The summed E-state index contributed by atoms with van der Waals surface area (Å²) < 4.78 is 1.76. The van der Waals surface area contributed by atoms with Gasteiger partial charge in [-0.25, -0.2) is 9.83 Å². The van der Waals surface area contributed by atoms with Crippen molar-refractivity contribution in [2.75, 3.05) is 18.4 Å². The van der Waals surface area contributed by atoms with Gasteiger partial charge in [-0.1, -0.05) is 23.7 Å². The average molecular weight is 380 g/mol. The number of amides is 1. The standard InChI is InChI=1S/C20H18ClN5O/c1-22-17-10-19-24-11-18(20(27)25-16-5-3-2-4-15(16)21)26(19)12-14(17)13-6-8-23-9-7-13/h2-5,10-13,23H,6-9H2,(H,25,27). The number of imidazole rings is 1. The fraction of sp³-hybridized carbons (Fsp3) is 0.250. The van der Waals surface area contributed by atoms with E-state index in [9.17, 15) is 4.79 Å². The lowest BCUT2D eigenvalue weighted by atomic mass is 9.90. The zero-order valence-electron chi connectivity index (χ0n) is 14.6. The lowest BCUT2D eigenvalue weighted by Gasteiger charge is -2.24. The first-order valence-corrected chi connectivity index (χ1v) is 9.20. The van der Waals surface area contributed by atoms with Gasteiger partial charge in [0.15, 0.2) is 5.69 Å². The summed E-state index contributed by atoms with van der Waals surface area (Å²) in [6, 6.07) is 8.86. The Morgan fingerprint density at radius 2 is 2.11 bits per heavy atom. The number of anilines is 1. The third kappa shape index (κ3) is 3.39. The van der Waals surface area contributed by atoms with E-state index < -0.39 is 0 Å². The zero-order chi connectivity index (χ0) is 18.8. The minimum absolute atomic E-state index is 0.289. The van der Waals surface area contributed by atoms with E-state index in [1.807, 2.05) is 18.3 Å². The highest BCUT2D eigenvalue weighted by molar-refractivity contribution is 6.33. The van der Waals surface area contributed by atoms with E-state index in [1.165, 1.54) is 6.20 Å². The van der Waals surface area contributed by atoms with Crippen molar-refractivity contribution < 1.29 is 4.79 Å². The van der Waals surface area contributed by atoms with Gasteiger partial charge in [0.2, 0.25) is 0 Å². The Kier molecular flexibility index (Phi) is 4.80. The summed E-state index contributed by atoms with van der Waals surface area (Å²) >= 11 is 6.14. The predicted molar refractivity (Wildman–Crippen MR) is 106 cm³/mol. The monoisotopic (exact) mass is 379 g/mol. The molecule has 0 atom stereocenters. The number of pyridine rings is 1. The molecule has 0 unspecified atom stereocenters. The van der Waals surface area contributed by atoms with Gasteiger partial charge in [0.1, 0.15) is 11.3 Å². The number of benzene rings is 1. The number of hydrogen-bond acceptors (Lipinski definition) is 3. The molecule has 3 aromatic rings. The minimum Gasteiger partial charge on any atom is -0.319 e. The first-order valence-electron chi connectivity index (χ1n) is 8.82. The van der Waals surface area contributed by atoms with Crippen molar-refractivity contribution in [3.8, 4) is 0 Å². The zero-order valence-corrected chi connectivity index (χ0v) is 15.3. The predicted octanol–water partition coefficient (Wildman–Crippen LogP) is 4.26. The van der Waals surface area contributed by atoms with Crippen molar-refractivity contribution in [3.05, 3.63) is 70.4 Å². The van der Waals surface area contributed by atoms with E-state index in [0.717, 1.165) is 31.5 Å². The van der Waals surface area contributed by atoms with Crippen LogP contribution in [0.4, 0.5) is 11.4 Å². The number of para-hydroxylation sites is 1. The average Bonchev–Trinajstić information content (AvgIpc) is 3.12. The van der Waals surface area contributed by atoms with Crippen molar-refractivity contribution >= 4 is 34.5 Å². The molecule has 0 spiro atoms. The maximum atomic E-state index is 12.8. The number of rotatable bonds is 3. The molecule has 27 heavy (non-hydrogen) atoms. The molecule has 1 aromatic carbocycles. The largest absolute Gasteiger partial charge is 0.319 e. The second-order valence-corrected chi connectivity index (χ2v) is 6.96. The molecular weight excluding hydrogens is 362 g/mol. The van der Waals surface area contributed by atoms with Gasteiger partial charge in [-0.2, -0.15) is 0 Å². The second-order valence-electron chi connectivity index (χ2n) is 6.56. The van der Waals surface area contributed by atoms with Gasteiger partial charge < -0.3 is 10.6 Å². The Morgan fingerprint density at radius 3 is 2.85 bits per heavy atom. The minimum atomic E-state index is -0.289. The van der Waals surface area contributed by atoms with Gasteiger partial charge in [-0.05, 0) is 55.6 Å². The summed E-state index contributed by atoms with van der Waals surface area (Å²) in [7, 11) is 0. The van der Waals surface area contributed by atoms with Crippen molar-refractivity contribution in [1.82, 2.24) is 14.7 Å². The van der Waals surface area contributed by atoms with Crippen LogP contribution in [0.15, 0.2) is 42.7 Å². The lowest BCUT2D eigenvalue weighted by Crippen LogP contribution is -2.26. The van der Waals surface area contributed by atoms with Crippen LogP contribution in [0.1, 0.15) is 34.8 Å². The number of halogens is 1. The first-order chi connectivity index (χ1) is 13.2. The van der Waals surface area contributed by atoms with Gasteiger partial charge in [0.05, 0.1) is 23.5 Å². The molecule has 3 heterocycles. The molecule has 0 aliphatic carbocycles. The van der Waals surface area contributed by atoms with E-state index >= 15 is 0 Å². The molecule has 136 valence electrons. The van der Waals surface area contributed by atoms with Crippen LogP contribution in [0.25, 0.3) is 10.5 Å².